The Morgan fingerprint density at radius 1 is 1.31 bits per heavy atom. The van der Waals surface area contributed by atoms with E-state index in [2.05, 4.69) is 16.8 Å². The summed E-state index contributed by atoms with van der Waals surface area (Å²) in [4.78, 5) is 33.7. The van der Waals surface area contributed by atoms with Crippen molar-refractivity contribution in [3.05, 3.63) is 59.0 Å². The first kappa shape index (κ1) is 24.7. The van der Waals surface area contributed by atoms with Gasteiger partial charge in [-0.3, -0.25) is 9.59 Å². The molecule has 0 bridgehead atoms. The number of hydrogen-bond acceptors (Lipinski definition) is 5. The molecule has 0 unspecified atom stereocenters. The number of amides is 2. The predicted octanol–water partition coefficient (Wildman–Crippen LogP) is 2.71. The van der Waals surface area contributed by atoms with Gasteiger partial charge in [-0.2, -0.15) is 0 Å². The van der Waals surface area contributed by atoms with E-state index in [9.17, 15) is 19.1 Å². The minimum Gasteiger partial charge on any atom is -0.472 e. The molecule has 0 spiro atoms. The zero-order valence-corrected chi connectivity index (χ0v) is 20.2. The predicted molar refractivity (Wildman–Crippen MR) is 128 cm³/mol. The van der Waals surface area contributed by atoms with E-state index in [4.69, 9.17) is 4.74 Å². The van der Waals surface area contributed by atoms with Crippen molar-refractivity contribution in [2.24, 2.45) is 11.8 Å². The Labute approximate surface area is 204 Å². The smallest absolute Gasteiger partial charge is 0.259 e. The van der Waals surface area contributed by atoms with Crippen LogP contribution in [0.3, 0.4) is 0 Å². The molecule has 1 saturated carbocycles. The summed E-state index contributed by atoms with van der Waals surface area (Å²) < 4.78 is 19.7. The second-order valence-corrected chi connectivity index (χ2v) is 9.45. The molecule has 1 aliphatic carbocycles. The Kier molecular flexibility index (Phi) is 7.37. The molecule has 1 N–H and O–H groups in total. The summed E-state index contributed by atoms with van der Waals surface area (Å²) in [6, 6.07) is 7.15. The first-order chi connectivity index (χ1) is 16.8. The van der Waals surface area contributed by atoms with Gasteiger partial charge in [-0.05, 0) is 44.0 Å². The highest BCUT2D eigenvalue weighted by Crippen LogP contribution is 2.32. The van der Waals surface area contributed by atoms with Gasteiger partial charge < -0.3 is 19.6 Å². The molecule has 2 amide bonds. The third kappa shape index (κ3) is 5.80. The van der Waals surface area contributed by atoms with Crippen molar-refractivity contribution in [1.82, 2.24) is 14.8 Å². The van der Waals surface area contributed by atoms with Gasteiger partial charge in [0, 0.05) is 42.8 Å². The average molecular weight is 480 g/mol. The van der Waals surface area contributed by atoms with Crippen LogP contribution in [0.5, 0.6) is 5.88 Å². The van der Waals surface area contributed by atoms with E-state index >= 15 is 0 Å². The van der Waals surface area contributed by atoms with E-state index in [1.165, 1.54) is 18.3 Å². The van der Waals surface area contributed by atoms with Gasteiger partial charge in [-0.25, -0.2) is 9.37 Å². The summed E-state index contributed by atoms with van der Waals surface area (Å²) in [5, 5.41) is 9.79. The lowest BCUT2D eigenvalue weighted by Gasteiger charge is -2.37. The van der Waals surface area contributed by atoms with Crippen LogP contribution >= 0.6 is 0 Å². The molecular formula is C27H30FN3O4. The largest absolute Gasteiger partial charge is 0.472 e. The van der Waals surface area contributed by atoms with Crippen LogP contribution in [0.4, 0.5) is 4.39 Å². The number of rotatable bonds is 5. The van der Waals surface area contributed by atoms with E-state index in [1.807, 2.05) is 6.92 Å². The molecule has 1 aromatic carbocycles. The average Bonchev–Trinajstić information content (AvgIpc) is 3.69. The molecule has 2 aromatic rings. The standard InChI is InChI=1S/C27H30FN3O4/c1-17-14-31(18(2)16-32)27(34)23-12-20(8-7-19-5-4-6-22(28)11-19)13-29-25(23)35-24(17)15-30(3)26(33)21-9-10-21/h4-6,11-13,17-18,21,24,32H,9-10,14-16H2,1-3H3/t17-,18-,24-/m0/s1. The number of pyridine rings is 1. The van der Waals surface area contributed by atoms with E-state index in [0.717, 1.165) is 12.8 Å². The first-order valence-corrected chi connectivity index (χ1v) is 11.9. The minimum atomic E-state index is -0.413. The quantitative estimate of drug-likeness (QED) is 0.667. The normalized spacial score (nSPS) is 20.5. The molecule has 7 nitrogen and oxygen atoms in total. The van der Waals surface area contributed by atoms with Crippen molar-refractivity contribution in [2.75, 3.05) is 26.7 Å². The van der Waals surface area contributed by atoms with Crippen LogP contribution in [0.25, 0.3) is 0 Å². The van der Waals surface area contributed by atoms with Crippen LogP contribution in [0.1, 0.15) is 48.2 Å². The number of benzene rings is 1. The highest BCUT2D eigenvalue weighted by molar-refractivity contribution is 5.97. The zero-order chi connectivity index (χ0) is 25.1. The van der Waals surface area contributed by atoms with Crippen molar-refractivity contribution < 1.29 is 23.8 Å². The molecule has 8 heteroatoms. The first-order valence-electron chi connectivity index (χ1n) is 11.9. The van der Waals surface area contributed by atoms with E-state index in [1.54, 1.807) is 42.0 Å². The molecule has 3 atom stereocenters. The molecule has 1 aliphatic heterocycles. The van der Waals surface area contributed by atoms with Crippen molar-refractivity contribution in [2.45, 2.75) is 38.8 Å². The van der Waals surface area contributed by atoms with Crippen LogP contribution in [0.2, 0.25) is 0 Å². The fraction of sp³-hybridized carbons (Fsp3) is 0.444. The number of carbonyl (C=O) groups excluding carboxylic acids is 2. The van der Waals surface area contributed by atoms with Gasteiger partial charge in [0.1, 0.15) is 17.5 Å². The molecule has 0 saturated heterocycles. The lowest BCUT2D eigenvalue weighted by Crippen LogP contribution is -2.50. The summed E-state index contributed by atoms with van der Waals surface area (Å²) in [5.41, 5.74) is 1.23. The SMILES string of the molecule is C[C@H]1CN([C@@H](C)CO)C(=O)c2cc(C#Cc3cccc(F)c3)cnc2O[C@H]1CN(C)C(=O)C1CC1. The third-order valence-corrected chi connectivity index (χ3v) is 6.45. The minimum absolute atomic E-state index is 0.0981. The number of halogens is 1. The lowest BCUT2D eigenvalue weighted by atomic mass is 9.99. The number of aliphatic hydroxyl groups is 1. The maximum Gasteiger partial charge on any atom is 0.259 e. The van der Waals surface area contributed by atoms with E-state index < -0.39 is 6.04 Å². The number of likely N-dealkylation sites (N-methyl/N-ethyl adjacent to an activating group) is 1. The maximum atomic E-state index is 13.5. The zero-order valence-electron chi connectivity index (χ0n) is 20.2. The van der Waals surface area contributed by atoms with Crippen molar-refractivity contribution in [3.8, 4) is 17.7 Å². The number of ether oxygens (including phenoxy) is 1. The topological polar surface area (TPSA) is 83.0 Å². The molecule has 35 heavy (non-hydrogen) atoms. The Bertz CT molecular complexity index is 1170. The number of aliphatic hydroxyl groups excluding tert-OH is 1. The number of hydrogen-bond donors (Lipinski definition) is 1. The van der Waals surface area contributed by atoms with Gasteiger partial charge in [-0.15, -0.1) is 0 Å². The summed E-state index contributed by atoms with van der Waals surface area (Å²) in [6.45, 7) is 4.29. The van der Waals surface area contributed by atoms with Gasteiger partial charge in [0.05, 0.1) is 19.2 Å². The van der Waals surface area contributed by atoms with Gasteiger partial charge in [0.25, 0.3) is 5.91 Å². The second-order valence-electron chi connectivity index (χ2n) is 9.45. The van der Waals surface area contributed by atoms with E-state index in [0.29, 0.717) is 24.2 Å². The van der Waals surface area contributed by atoms with Gasteiger partial charge in [0.2, 0.25) is 11.8 Å². The molecule has 1 fully saturated rings. The number of nitrogens with zero attached hydrogens (tertiary/aromatic N) is 3. The van der Waals surface area contributed by atoms with Crippen LogP contribution in [0, 0.1) is 29.5 Å². The monoisotopic (exact) mass is 479 g/mol. The lowest BCUT2D eigenvalue weighted by molar-refractivity contribution is -0.132. The van der Waals surface area contributed by atoms with Gasteiger partial charge in [-0.1, -0.05) is 24.8 Å². The number of fused-ring (bicyclic) bond motifs is 1. The Morgan fingerprint density at radius 3 is 2.74 bits per heavy atom. The summed E-state index contributed by atoms with van der Waals surface area (Å²) in [6.07, 6.45) is 2.97. The molecule has 2 aliphatic rings. The van der Waals surface area contributed by atoms with Crippen molar-refractivity contribution >= 4 is 11.8 Å². The fourth-order valence-corrected chi connectivity index (χ4v) is 4.10. The maximum absolute atomic E-state index is 13.5. The Balaban J connectivity index is 1.66. The highest BCUT2D eigenvalue weighted by atomic mass is 19.1. The molecule has 1 aromatic heterocycles. The van der Waals surface area contributed by atoms with Crippen LogP contribution < -0.4 is 4.74 Å². The summed E-state index contributed by atoms with van der Waals surface area (Å²) >= 11 is 0. The van der Waals surface area contributed by atoms with Crippen LogP contribution in [-0.4, -0.2) is 70.6 Å². The molecule has 2 heterocycles. The Hall–Kier alpha value is -3.44. The fourth-order valence-electron chi connectivity index (χ4n) is 4.10. The molecule has 0 radical (unpaired) electrons. The van der Waals surface area contributed by atoms with Gasteiger partial charge in [0.15, 0.2) is 0 Å². The molecule has 4 rings (SSSR count). The van der Waals surface area contributed by atoms with E-state index in [-0.39, 0.29) is 53.6 Å². The van der Waals surface area contributed by atoms with Crippen molar-refractivity contribution in [1.29, 1.82) is 0 Å². The van der Waals surface area contributed by atoms with Crippen LogP contribution in [-0.2, 0) is 4.79 Å². The number of aromatic nitrogens is 1. The summed E-state index contributed by atoms with van der Waals surface area (Å²) in [7, 11) is 1.77. The number of carbonyl (C=O) groups is 2. The van der Waals surface area contributed by atoms with Gasteiger partial charge >= 0.3 is 0 Å². The van der Waals surface area contributed by atoms with Crippen LogP contribution in [0.15, 0.2) is 36.5 Å². The molecule has 184 valence electrons. The second kappa shape index (κ2) is 10.4. The highest BCUT2D eigenvalue weighted by Gasteiger charge is 2.37. The third-order valence-electron chi connectivity index (χ3n) is 6.45. The molecular weight excluding hydrogens is 449 g/mol. The van der Waals surface area contributed by atoms with Crippen molar-refractivity contribution in [3.63, 3.8) is 0 Å². The summed E-state index contributed by atoms with van der Waals surface area (Å²) in [5.74, 6) is 5.40. The Morgan fingerprint density at radius 2 is 2.06 bits per heavy atom.